The van der Waals surface area contributed by atoms with Gasteiger partial charge in [0.05, 0.1) is 10.7 Å². The Morgan fingerprint density at radius 1 is 1.32 bits per heavy atom. The molecule has 7 heteroatoms. The number of halogens is 1. The molecule has 1 amide bonds. The van der Waals surface area contributed by atoms with Gasteiger partial charge >= 0.3 is 5.97 Å². The molecule has 2 rings (SSSR count). The number of hydrogen-bond donors (Lipinski definition) is 2. The molecular weight excluding hydrogens is 274 g/mol. The first-order valence-corrected chi connectivity index (χ1v) is 5.99. The highest BCUT2D eigenvalue weighted by Crippen LogP contribution is 2.38. The molecule has 1 aromatic carbocycles. The third kappa shape index (κ3) is 2.90. The van der Waals surface area contributed by atoms with E-state index in [-0.39, 0.29) is 5.02 Å². The van der Waals surface area contributed by atoms with Crippen LogP contribution in [-0.4, -0.2) is 30.2 Å². The third-order valence-corrected chi connectivity index (χ3v) is 2.97. The van der Waals surface area contributed by atoms with Crippen LogP contribution in [-0.2, 0) is 9.59 Å². The number of aliphatic carboxylic acids is 1. The Hall–Kier alpha value is -1.95. The van der Waals surface area contributed by atoms with E-state index in [4.69, 9.17) is 26.2 Å². The number of anilines is 1. The molecule has 6 nitrogen and oxygen atoms in total. The number of rotatable bonds is 3. The van der Waals surface area contributed by atoms with E-state index in [2.05, 4.69) is 5.32 Å². The first-order valence-electron chi connectivity index (χ1n) is 5.62. The molecule has 1 atom stereocenters. The number of fused-ring (bicyclic) bond motifs is 1. The van der Waals surface area contributed by atoms with Crippen LogP contribution in [0.15, 0.2) is 12.1 Å². The van der Waals surface area contributed by atoms with Crippen LogP contribution in [0.5, 0.6) is 11.5 Å². The van der Waals surface area contributed by atoms with Crippen molar-refractivity contribution in [3.05, 3.63) is 17.2 Å². The molecule has 2 N–H and O–H groups in total. The summed E-state index contributed by atoms with van der Waals surface area (Å²) in [5.41, 5.74) is 0.295. The number of carbonyl (C=O) groups excluding carboxylic acids is 1. The summed E-state index contributed by atoms with van der Waals surface area (Å²) in [6.07, 6.45) is 0. The van der Waals surface area contributed by atoms with E-state index in [1.165, 1.54) is 19.1 Å². The van der Waals surface area contributed by atoms with Crippen LogP contribution in [0.1, 0.15) is 6.92 Å². The van der Waals surface area contributed by atoms with Gasteiger partial charge in [0, 0.05) is 12.1 Å². The van der Waals surface area contributed by atoms with Crippen LogP contribution in [0.4, 0.5) is 5.69 Å². The van der Waals surface area contributed by atoms with Gasteiger partial charge in [-0.2, -0.15) is 0 Å². The number of ether oxygens (including phenoxy) is 2. The van der Waals surface area contributed by atoms with E-state index in [1.807, 2.05) is 0 Å². The monoisotopic (exact) mass is 285 g/mol. The Morgan fingerprint density at radius 2 is 1.89 bits per heavy atom. The van der Waals surface area contributed by atoms with E-state index in [0.29, 0.717) is 30.4 Å². The summed E-state index contributed by atoms with van der Waals surface area (Å²) < 4.78 is 10.7. The maximum Gasteiger partial charge on any atom is 0.315 e. The Bertz CT molecular complexity index is 531. The quantitative estimate of drug-likeness (QED) is 0.827. The maximum absolute atomic E-state index is 11.7. The zero-order valence-corrected chi connectivity index (χ0v) is 10.9. The van der Waals surface area contributed by atoms with Crippen LogP contribution in [0.2, 0.25) is 5.02 Å². The number of benzene rings is 1. The summed E-state index contributed by atoms with van der Waals surface area (Å²) in [7, 11) is 0. The standard InChI is InChI=1S/C12H12ClNO5/c1-6(12(16)17)11(15)14-8-5-10-9(4-7(8)13)18-2-3-19-10/h4-6H,2-3H2,1H3,(H,14,15)(H,16,17). The normalized spacial score (nSPS) is 14.6. The Morgan fingerprint density at radius 3 is 2.47 bits per heavy atom. The molecule has 0 aliphatic carbocycles. The minimum atomic E-state index is -1.20. The van der Waals surface area contributed by atoms with Gasteiger partial charge in [0.2, 0.25) is 5.91 Å². The second-order valence-electron chi connectivity index (χ2n) is 4.02. The highest BCUT2D eigenvalue weighted by molar-refractivity contribution is 6.34. The maximum atomic E-state index is 11.7. The van der Waals surface area contributed by atoms with Gasteiger partial charge in [0.25, 0.3) is 0 Å². The fourth-order valence-electron chi connectivity index (χ4n) is 1.51. The fraction of sp³-hybridized carbons (Fsp3) is 0.333. The topological polar surface area (TPSA) is 84.9 Å². The SMILES string of the molecule is CC(C(=O)O)C(=O)Nc1cc2c(cc1Cl)OCCO2. The molecule has 0 spiro atoms. The summed E-state index contributed by atoms with van der Waals surface area (Å²) >= 11 is 5.99. The van der Waals surface area contributed by atoms with Crippen LogP contribution < -0.4 is 14.8 Å². The van der Waals surface area contributed by atoms with Crippen LogP contribution in [0.3, 0.4) is 0 Å². The van der Waals surface area contributed by atoms with Crippen molar-refractivity contribution < 1.29 is 24.2 Å². The number of hydrogen-bond acceptors (Lipinski definition) is 4. The molecule has 102 valence electrons. The highest BCUT2D eigenvalue weighted by Gasteiger charge is 2.22. The molecule has 19 heavy (non-hydrogen) atoms. The van der Waals surface area contributed by atoms with E-state index in [1.54, 1.807) is 0 Å². The van der Waals surface area contributed by atoms with E-state index >= 15 is 0 Å². The van der Waals surface area contributed by atoms with Gasteiger partial charge in [0.1, 0.15) is 19.1 Å². The van der Waals surface area contributed by atoms with E-state index in [0.717, 1.165) is 0 Å². The van der Waals surface area contributed by atoms with Crippen molar-refractivity contribution in [1.82, 2.24) is 0 Å². The summed E-state index contributed by atoms with van der Waals surface area (Å²) in [6.45, 7) is 2.14. The van der Waals surface area contributed by atoms with Crippen molar-refractivity contribution in [2.45, 2.75) is 6.92 Å². The van der Waals surface area contributed by atoms with Gasteiger partial charge in [-0.3, -0.25) is 9.59 Å². The zero-order chi connectivity index (χ0) is 14.0. The van der Waals surface area contributed by atoms with Crippen molar-refractivity contribution in [2.24, 2.45) is 5.92 Å². The molecule has 0 saturated heterocycles. The zero-order valence-electron chi connectivity index (χ0n) is 10.1. The highest BCUT2D eigenvalue weighted by atomic mass is 35.5. The summed E-state index contributed by atoms with van der Waals surface area (Å²) in [4.78, 5) is 22.4. The summed E-state index contributed by atoms with van der Waals surface area (Å²) in [6, 6.07) is 3.04. The summed E-state index contributed by atoms with van der Waals surface area (Å²) in [5, 5.41) is 11.5. The Kier molecular flexibility index (Phi) is 3.80. The molecule has 1 aliphatic rings. The van der Waals surface area contributed by atoms with Crippen LogP contribution in [0, 0.1) is 5.92 Å². The van der Waals surface area contributed by atoms with Crippen molar-refractivity contribution in [3.63, 3.8) is 0 Å². The number of carbonyl (C=O) groups is 2. The molecule has 1 aliphatic heterocycles. The molecular formula is C12H12ClNO5. The number of nitrogens with one attached hydrogen (secondary N) is 1. The van der Waals surface area contributed by atoms with Gasteiger partial charge in [0.15, 0.2) is 11.5 Å². The number of carboxylic acids is 1. The van der Waals surface area contributed by atoms with Crippen LogP contribution >= 0.6 is 11.6 Å². The van der Waals surface area contributed by atoms with Gasteiger partial charge in [-0.15, -0.1) is 0 Å². The molecule has 0 aromatic heterocycles. The van der Waals surface area contributed by atoms with Crippen LogP contribution in [0.25, 0.3) is 0 Å². The molecule has 0 fully saturated rings. The molecule has 1 aromatic rings. The van der Waals surface area contributed by atoms with Crippen molar-refractivity contribution in [1.29, 1.82) is 0 Å². The van der Waals surface area contributed by atoms with Crippen molar-refractivity contribution in [3.8, 4) is 11.5 Å². The lowest BCUT2D eigenvalue weighted by molar-refractivity contribution is -0.144. The lowest BCUT2D eigenvalue weighted by Crippen LogP contribution is -2.27. The molecule has 0 radical (unpaired) electrons. The first-order chi connectivity index (χ1) is 8.99. The average Bonchev–Trinajstić information content (AvgIpc) is 2.38. The van der Waals surface area contributed by atoms with Gasteiger partial charge in [-0.25, -0.2) is 0 Å². The lowest BCUT2D eigenvalue weighted by atomic mass is 10.1. The smallest absolute Gasteiger partial charge is 0.315 e. The first kappa shape index (κ1) is 13.5. The molecule has 0 saturated carbocycles. The van der Waals surface area contributed by atoms with Gasteiger partial charge < -0.3 is 19.9 Å². The third-order valence-electron chi connectivity index (χ3n) is 2.65. The Labute approximate surface area is 114 Å². The molecule has 1 unspecified atom stereocenters. The van der Waals surface area contributed by atoms with Gasteiger partial charge in [-0.05, 0) is 6.92 Å². The molecule has 0 bridgehead atoms. The molecule has 1 heterocycles. The minimum Gasteiger partial charge on any atom is -0.486 e. The Balaban J connectivity index is 2.21. The summed E-state index contributed by atoms with van der Waals surface area (Å²) in [5.74, 6) is -2.05. The van der Waals surface area contributed by atoms with Crippen molar-refractivity contribution >= 4 is 29.2 Å². The largest absolute Gasteiger partial charge is 0.486 e. The number of amides is 1. The van der Waals surface area contributed by atoms with Crippen molar-refractivity contribution in [2.75, 3.05) is 18.5 Å². The predicted molar refractivity (Wildman–Crippen MR) is 67.9 cm³/mol. The fourth-order valence-corrected chi connectivity index (χ4v) is 1.71. The lowest BCUT2D eigenvalue weighted by Gasteiger charge is -2.20. The van der Waals surface area contributed by atoms with E-state index in [9.17, 15) is 9.59 Å². The van der Waals surface area contributed by atoms with E-state index < -0.39 is 17.8 Å². The average molecular weight is 286 g/mol. The minimum absolute atomic E-state index is 0.259. The predicted octanol–water partition coefficient (Wildman–Crippen LogP) is 1.77. The second kappa shape index (κ2) is 5.36. The number of carboxylic acid groups (broad SMARTS) is 1. The van der Waals surface area contributed by atoms with Gasteiger partial charge in [-0.1, -0.05) is 11.6 Å². The second-order valence-corrected chi connectivity index (χ2v) is 4.43.